The van der Waals surface area contributed by atoms with E-state index in [-0.39, 0.29) is 0 Å². The zero-order valence-electron chi connectivity index (χ0n) is 12.3. The fourth-order valence-corrected chi connectivity index (χ4v) is 2.31. The first-order valence-corrected chi connectivity index (χ1v) is 7.31. The van der Waals surface area contributed by atoms with Crippen molar-refractivity contribution in [1.29, 1.82) is 0 Å². The zero-order chi connectivity index (χ0) is 15.5. The summed E-state index contributed by atoms with van der Waals surface area (Å²) in [7, 11) is 0. The molecule has 2 heterocycles. The number of rotatable bonds is 4. The van der Waals surface area contributed by atoms with E-state index in [1.54, 1.807) is 12.4 Å². The predicted octanol–water partition coefficient (Wildman–Crippen LogP) is 3.56. The summed E-state index contributed by atoms with van der Waals surface area (Å²) in [6, 6.07) is 5.64. The molecular formula is C15H15ClN6. The molecule has 0 amide bonds. The van der Waals surface area contributed by atoms with E-state index in [1.165, 1.54) is 0 Å². The Balaban J connectivity index is 2.08. The van der Waals surface area contributed by atoms with E-state index >= 15 is 0 Å². The molecule has 0 bridgehead atoms. The van der Waals surface area contributed by atoms with Crippen molar-refractivity contribution in [2.75, 3.05) is 17.2 Å². The number of aryl methyl sites for hydroxylation is 1. The highest BCUT2D eigenvalue weighted by Gasteiger charge is 2.10. The summed E-state index contributed by atoms with van der Waals surface area (Å²) in [6.07, 6.45) is 3.24. The average Bonchev–Trinajstić information content (AvgIpc) is 2.50. The van der Waals surface area contributed by atoms with E-state index < -0.39 is 0 Å². The van der Waals surface area contributed by atoms with Gasteiger partial charge in [0.15, 0.2) is 17.0 Å². The minimum atomic E-state index is 0.518. The molecule has 0 saturated heterocycles. The van der Waals surface area contributed by atoms with Gasteiger partial charge in [-0.3, -0.25) is 0 Å². The van der Waals surface area contributed by atoms with Crippen molar-refractivity contribution in [1.82, 2.24) is 19.9 Å². The lowest BCUT2D eigenvalue weighted by atomic mass is 10.2. The number of anilines is 3. The molecule has 2 aromatic heterocycles. The molecular weight excluding hydrogens is 300 g/mol. The maximum atomic E-state index is 6.00. The molecule has 3 aromatic rings. The summed E-state index contributed by atoms with van der Waals surface area (Å²) in [5.74, 6) is 1.13. The van der Waals surface area contributed by atoms with E-state index in [4.69, 9.17) is 11.6 Å². The van der Waals surface area contributed by atoms with Crippen LogP contribution in [-0.4, -0.2) is 26.5 Å². The highest BCUT2D eigenvalue weighted by atomic mass is 35.5. The molecule has 0 radical (unpaired) electrons. The molecule has 3 rings (SSSR count). The Morgan fingerprint density at radius 1 is 1.14 bits per heavy atom. The number of benzene rings is 1. The fourth-order valence-electron chi connectivity index (χ4n) is 2.08. The van der Waals surface area contributed by atoms with Gasteiger partial charge in [0.2, 0.25) is 5.95 Å². The minimum absolute atomic E-state index is 0.518. The van der Waals surface area contributed by atoms with Gasteiger partial charge in [-0.05, 0) is 37.6 Å². The van der Waals surface area contributed by atoms with Crippen LogP contribution in [0.4, 0.5) is 17.5 Å². The second-order valence-corrected chi connectivity index (χ2v) is 5.18. The standard InChI is InChI=1S/C15H15ClN6/c1-3-17-15-21-13-12(18-6-7-19-13)14(22-15)20-11-5-4-10(16)8-9(11)2/h4-8H,3H2,1-2H3,(H2,17,19,20,21,22). The van der Waals surface area contributed by atoms with E-state index in [0.29, 0.717) is 28.0 Å². The summed E-state index contributed by atoms with van der Waals surface area (Å²) < 4.78 is 0. The number of nitrogens with zero attached hydrogens (tertiary/aromatic N) is 4. The number of nitrogens with one attached hydrogen (secondary N) is 2. The van der Waals surface area contributed by atoms with Crippen LogP contribution >= 0.6 is 11.6 Å². The zero-order valence-corrected chi connectivity index (χ0v) is 13.0. The third-order valence-corrected chi connectivity index (χ3v) is 3.34. The molecule has 112 valence electrons. The second-order valence-electron chi connectivity index (χ2n) is 4.74. The van der Waals surface area contributed by atoms with Gasteiger partial charge in [0.25, 0.3) is 0 Å². The van der Waals surface area contributed by atoms with E-state index in [2.05, 4.69) is 30.6 Å². The highest BCUT2D eigenvalue weighted by Crippen LogP contribution is 2.26. The first-order valence-electron chi connectivity index (χ1n) is 6.93. The van der Waals surface area contributed by atoms with Crippen LogP contribution in [0.15, 0.2) is 30.6 Å². The van der Waals surface area contributed by atoms with Crippen LogP contribution in [0, 0.1) is 6.92 Å². The number of halogens is 1. The molecule has 0 aliphatic heterocycles. The monoisotopic (exact) mass is 314 g/mol. The molecule has 2 N–H and O–H groups in total. The Morgan fingerprint density at radius 2 is 1.95 bits per heavy atom. The Hall–Kier alpha value is -2.47. The largest absolute Gasteiger partial charge is 0.354 e. The number of hydrogen-bond acceptors (Lipinski definition) is 6. The molecule has 0 spiro atoms. The van der Waals surface area contributed by atoms with Crippen LogP contribution in [-0.2, 0) is 0 Å². The number of fused-ring (bicyclic) bond motifs is 1. The quantitative estimate of drug-likeness (QED) is 0.767. The van der Waals surface area contributed by atoms with Gasteiger partial charge in [0.1, 0.15) is 0 Å². The normalized spacial score (nSPS) is 10.7. The summed E-state index contributed by atoms with van der Waals surface area (Å²) in [5.41, 5.74) is 3.10. The first kappa shape index (κ1) is 14.5. The van der Waals surface area contributed by atoms with Crippen LogP contribution in [0.2, 0.25) is 5.02 Å². The first-order chi connectivity index (χ1) is 10.7. The lowest BCUT2D eigenvalue weighted by molar-refractivity contribution is 1.09. The van der Waals surface area contributed by atoms with Crippen molar-refractivity contribution >= 4 is 40.2 Å². The highest BCUT2D eigenvalue weighted by molar-refractivity contribution is 6.30. The summed E-state index contributed by atoms with van der Waals surface area (Å²) in [6.45, 7) is 4.69. The molecule has 22 heavy (non-hydrogen) atoms. The van der Waals surface area contributed by atoms with Gasteiger partial charge < -0.3 is 10.6 Å². The molecule has 0 fully saturated rings. The molecule has 0 saturated carbocycles. The van der Waals surface area contributed by atoms with Crippen molar-refractivity contribution in [3.05, 3.63) is 41.2 Å². The Morgan fingerprint density at radius 3 is 2.73 bits per heavy atom. The van der Waals surface area contributed by atoms with Gasteiger partial charge in [0, 0.05) is 29.6 Å². The molecule has 7 heteroatoms. The van der Waals surface area contributed by atoms with E-state index in [1.807, 2.05) is 32.0 Å². The lowest BCUT2D eigenvalue weighted by Gasteiger charge is -2.12. The Bertz CT molecular complexity index is 820. The van der Waals surface area contributed by atoms with Crippen molar-refractivity contribution in [2.24, 2.45) is 0 Å². The van der Waals surface area contributed by atoms with Crippen LogP contribution < -0.4 is 10.6 Å². The fraction of sp³-hybridized carbons (Fsp3) is 0.200. The molecule has 0 atom stereocenters. The maximum absolute atomic E-state index is 6.00. The third-order valence-electron chi connectivity index (χ3n) is 3.11. The van der Waals surface area contributed by atoms with Gasteiger partial charge in [-0.1, -0.05) is 11.6 Å². The van der Waals surface area contributed by atoms with Crippen LogP contribution in [0.5, 0.6) is 0 Å². The van der Waals surface area contributed by atoms with Gasteiger partial charge in [-0.15, -0.1) is 0 Å². The average molecular weight is 315 g/mol. The predicted molar refractivity (Wildman–Crippen MR) is 88.8 cm³/mol. The number of hydrogen-bond donors (Lipinski definition) is 2. The van der Waals surface area contributed by atoms with Crippen molar-refractivity contribution < 1.29 is 0 Å². The lowest BCUT2D eigenvalue weighted by Crippen LogP contribution is -2.06. The summed E-state index contributed by atoms with van der Waals surface area (Å²) in [5, 5.41) is 7.09. The van der Waals surface area contributed by atoms with E-state index in [9.17, 15) is 0 Å². The van der Waals surface area contributed by atoms with Gasteiger partial charge >= 0.3 is 0 Å². The maximum Gasteiger partial charge on any atom is 0.226 e. The molecule has 6 nitrogen and oxygen atoms in total. The third kappa shape index (κ3) is 2.92. The minimum Gasteiger partial charge on any atom is -0.354 e. The molecule has 1 aromatic carbocycles. The molecule has 0 aliphatic rings. The molecule has 0 aliphatic carbocycles. The van der Waals surface area contributed by atoms with Crippen LogP contribution in [0.3, 0.4) is 0 Å². The Kier molecular flexibility index (Phi) is 4.02. The van der Waals surface area contributed by atoms with Gasteiger partial charge in [0.05, 0.1) is 0 Å². The van der Waals surface area contributed by atoms with Gasteiger partial charge in [-0.2, -0.15) is 9.97 Å². The molecule has 0 unspecified atom stereocenters. The summed E-state index contributed by atoms with van der Waals surface area (Å²) in [4.78, 5) is 17.4. The van der Waals surface area contributed by atoms with E-state index in [0.717, 1.165) is 17.8 Å². The SMILES string of the molecule is CCNc1nc(Nc2ccc(Cl)cc2C)c2nccnc2n1. The van der Waals surface area contributed by atoms with Crippen LogP contribution in [0.1, 0.15) is 12.5 Å². The van der Waals surface area contributed by atoms with Crippen LogP contribution in [0.25, 0.3) is 11.2 Å². The Labute approximate surface area is 133 Å². The number of aromatic nitrogens is 4. The topological polar surface area (TPSA) is 75.6 Å². The smallest absolute Gasteiger partial charge is 0.226 e. The summed E-state index contributed by atoms with van der Waals surface area (Å²) >= 11 is 6.00. The van der Waals surface area contributed by atoms with Crippen molar-refractivity contribution in [3.8, 4) is 0 Å². The van der Waals surface area contributed by atoms with Crippen molar-refractivity contribution in [2.45, 2.75) is 13.8 Å². The van der Waals surface area contributed by atoms with Gasteiger partial charge in [-0.25, -0.2) is 9.97 Å². The second kappa shape index (κ2) is 6.11. The van der Waals surface area contributed by atoms with Crippen molar-refractivity contribution in [3.63, 3.8) is 0 Å².